The molecule has 1 amide bonds. The fraction of sp³-hybridized carbons (Fsp3) is 0.542. The normalized spacial score (nSPS) is 15.3. The number of aryl methyl sites for hydroxylation is 2. The molecule has 0 aliphatic carbocycles. The molecular weight excluding hydrogens is 673 g/mol. The number of hydrogen-bond donors (Lipinski definition) is 3. The number of fused-ring (bicyclic) bond motifs is 1. The Morgan fingerprint density at radius 1 is 0.783 bits per heavy atom. The maximum Gasteiger partial charge on any atom is 0.490 e. The van der Waals surface area contributed by atoms with Crippen molar-refractivity contribution >= 4 is 35.2 Å². The fourth-order valence-corrected chi connectivity index (χ4v) is 4.62. The Balaban J connectivity index is 0.000000413. The zero-order valence-corrected chi connectivity index (χ0v) is 24.9. The van der Waals surface area contributed by atoms with Crippen LogP contribution in [-0.4, -0.2) is 115 Å². The Morgan fingerprint density at radius 2 is 1.22 bits per heavy atom. The van der Waals surface area contributed by atoms with Gasteiger partial charge in [-0.25, -0.2) is 14.4 Å². The van der Waals surface area contributed by atoms with Crippen LogP contribution in [0.25, 0.3) is 0 Å². The second-order valence-corrected chi connectivity index (χ2v) is 10.9. The molecule has 4 rings (SSSR count). The predicted octanol–water partition coefficient (Wildman–Crippen LogP) is 3.59. The first-order chi connectivity index (χ1) is 20.8. The highest BCUT2D eigenvalue weighted by Gasteiger charge is 2.39. The van der Waals surface area contributed by atoms with Gasteiger partial charge in [0.15, 0.2) is 5.69 Å². The molecule has 22 heteroatoms. The molecule has 0 atom stereocenters. The van der Waals surface area contributed by atoms with Crippen LogP contribution >= 0.6 is 11.3 Å². The second-order valence-electron chi connectivity index (χ2n) is 9.56. The Morgan fingerprint density at radius 3 is 1.59 bits per heavy atom. The van der Waals surface area contributed by atoms with Crippen LogP contribution < -0.4 is 0 Å². The lowest BCUT2D eigenvalue weighted by Gasteiger charge is -2.32. The number of rotatable bonds is 3. The smallest absolute Gasteiger partial charge is 0.475 e. The number of nitrogens with zero attached hydrogens (tertiary/aromatic N) is 5. The first-order valence-corrected chi connectivity index (χ1v) is 13.4. The molecule has 0 unspecified atom stereocenters. The summed E-state index contributed by atoms with van der Waals surface area (Å²) in [5.74, 6) is -8.17. The van der Waals surface area contributed by atoms with E-state index >= 15 is 0 Å². The summed E-state index contributed by atoms with van der Waals surface area (Å²) in [6, 6.07) is 4.38. The van der Waals surface area contributed by atoms with E-state index in [1.165, 1.54) is 15.4 Å². The van der Waals surface area contributed by atoms with E-state index in [1.54, 1.807) is 0 Å². The number of halogens is 9. The van der Waals surface area contributed by atoms with Crippen molar-refractivity contribution in [3.05, 3.63) is 38.8 Å². The van der Waals surface area contributed by atoms with E-state index in [1.807, 2.05) is 28.0 Å². The van der Waals surface area contributed by atoms with Gasteiger partial charge >= 0.3 is 36.4 Å². The number of hydrogen-bond acceptors (Lipinski definition) is 8. The van der Waals surface area contributed by atoms with Crippen molar-refractivity contribution in [1.82, 2.24) is 24.5 Å². The third-order valence-electron chi connectivity index (χ3n) is 5.93. The van der Waals surface area contributed by atoms with E-state index in [2.05, 4.69) is 41.0 Å². The Hall–Kier alpha value is -3.92. The van der Waals surface area contributed by atoms with E-state index < -0.39 is 36.4 Å². The number of thiophene rings is 1. The fourth-order valence-electron chi connectivity index (χ4n) is 3.69. The molecule has 1 saturated heterocycles. The topological polar surface area (TPSA) is 157 Å². The minimum atomic E-state index is -5.08. The number of carbonyl (C=O) groups is 4. The average Bonchev–Trinajstić information content (AvgIpc) is 3.60. The maximum atomic E-state index is 13.0. The lowest BCUT2D eigenvalue weighted by Crippen LogP contribution is -2.47. The molecule has 46 heavy (non-hydrogen) atoms. The number of amides is 1. The number of aromatic nitrogens is 2. The van der Waals surface area contributed by atoms with Crippen molar-refractivity contribution in [3.63, 3.8) is 0 Å². The van der Waals surface area contributed by atoms with Gasteiger partial charge < -0.3 is 25.1 Å². The van der Waals surface area contributed by atoms with E-state index in [9.17, 15) is 44.3 Å². The Kier molecular flexibility index (Phi) is 14.0. The molecule has 260 valence electrons. The highest BCUT2D eigenvalue weighted by atomic mass is 32.1. The van der Waals surface area contributed by atoms with Crippen LogP contribution in [0.2, 0.25) is 0 Å². The Bertz CT molecular complexity index is 1310. The van der Waals surface area contributed by atoms with Crippen molar-refractivity contribution in [3.8, 4) is 0 Å². The van der Waals surface area contributed by atoms with Crippen molar-refractivity contribution < 1.29 is 74.0 Å². The maximum absolute atomic E-state index is 13.0. The van der Waals surface area contributed by atoms with Gasteiger partial charge in [0.05, 0.1) is 5.69 Å². The largest absolute Gasteiger partial charge is 0.490 e. The summed E-state index contributed by atoms with van der Waals surface area (Å²) in [6.07, 6.45) is -15.3. The number of carboxylic acids is 3. The summed E-state index contributed by atoms with van der Waals surface area (Å²) >= 11 is 1.85. The molecule has 2 aliphatic heterocycles. The van der Waals surface area contributed by atoms with E-state index in [0.717, 1.165) is 51.4 Å². The number of alkyl halides is 9. The number of carboxylic acid groups (broad SMARTS) is 3. The predicted molar refractivity (Wildman–Crippen MR) is 140 cm³/mol. The van der Waals surface area contributed by atoms with E-state index in [0.29, 0.717) is 5.69 Å². The molecule has 0 aromatic carbocycles. The zero-order valence-electron chi connectivity index (χ0n) is 24.1. The van der Waals surface area contributed by atoms with Crippen molar-refractivity contribution in [2.24, 2.45) is 7.05 Å². The summed E-state index contributed by atoms with van der Waals surface area (Å²) in [7, 11) is 4.06. The van der Waals surface area contributed by atoms with Crippen LogP contribution in [0, 0.1) is 6.92 Å². The minimum Gasteiger partial charge on any atom is -0.475 e. The zero-order chi connectivity index (χ0) is 35.8. The van der Waals surface area contributed by atoms with E-state index in [-0.39, 0.29) is 5.91 Å². The van der Waals surface area contributed by atoms with Crippen LogP contribution in [0.5, 0.6) is 0 Å². The van der Waals surface area contributed by atoms with Gasteiger partial charge in [0, 0.05) is 68.2 Å². The van der Waals surface area contributed by atoms with Gasteiger partial charge in [-0.2, -0.15) is 44.6 Å². The van der Waals surface area contributed by atoms with Gasteiger partial charge in [0.1, 0.15) is 0 Å². The van der Waals surface area contributed by atoms with Gasteiger partial charge in [-0.15, -0.1) is 11.3 Å². The molecule has 3 N–H and O–H groups in total. The van der Waals surface area contributed by atoms with Crippen molar-refractivity contribution in [2.45, 2.75) is 45.1 Å². The quantitative estimate of drug-likeness (QED) is 0.405. The number of aliphatic carboxylic acids is 3. The molecule has 1 fully saturated rings. The molecule has 2 aromatic rings. The molecule has 0 radical (unpaired) electrons. The summed E-state index contributed by atoms with van der Waals surface area (Å²) in [6.45, 7) is 8.21. The highest BCUT2D eigenvalue weighted by molar-refractivity contribution is 7.11. The van der Waals surface area contributed by atoms with Crippen LogP contribution in [-0.2, 0) is 41.1 Å². The summed E-state index contributed by atoms with van der Waals surface area (Å²) < 4.78 is 97.1. The highest BCUT2D eigenvalue weighted by Crippen LogP contribution is 2.29. The lowest BCUT2D eigenvalue weighted by molar-refractivity contribution is -0.193. The standard InChI is InChI=1S/C18H25N5OS.3C2HF3O2/c1-13-4-5-14(25-13)10-22-11-15-16(12-22)21(3)19-17(15)18(24)23-8-6-20(2)7-9-23;3*3-2(4,5)1(6)7/h4-5H,6-12H2,1-3H3;3*(H,6,7). The van der Waals surface area contributed by atoms with Crippen LogP contribution in [0.15, 0.2) is 12.1 Å². The molecule has 12 nitrogen and oxygen atoms in total. The third kappa shape index (κ3) is 12.8. The van der Waals surface area contributed by atoms with Gasteiger partial charge in [0.2, 0.25) is 0 Å². The lowest BCUT2D eigenvalue weighted by atomic mass is 10.2. The summed E-state index contributed by atoms with van der Waals surface area (Å²) in [4.78, 5) is 49.0. The Labute approximate surface area is 258 Å². The van der Waals surface area contributed by atoms with Gasteiger partial charge in [-0.05, 0) is 26.1 Å². The van der Waals surface area contributed by atoms with Gasteiger partial charge in [-0.3, -0.25) is 14.4 Å². The SMILES string of the molecule is Cc1ccc(CN2Cc3c(C(=O)N4CCN(C)CC4)nn(C)c3C2)s1.O=C(O)C(F)(F)F.O=C(O)C(F)(F)F.O=C(O)C(F)(F)F. The molecular formula is C24H28F9N5O7S. The second kappa shape index (κ2) is 16.1. The molecule has 0 saturated carbocycles. The van der Waals surface area contributed by atoms with Crippen LogP contribution in [0.3, 0.4) is 0 Å². The van der Waals surface area contributed by atoms with Gasteiger partial charge in [0.25, 0.3) is 5.91 Å². The van der Waals surface area contributed by atoms with Crippen LogP contribution in [0.1, 0.15) is 31.5 Å². The third-order valence-corrected chi connectivity index (χ3v) is 6.91. The molecule has 0 bridgehead atoms. The van der Waals surface area contributed by atoms with Crippen LogP contribution in [0.4, 0.5) is 39.5 Å². The first-order valence-electron chi connectivity index (χ1n) is 12.5. The van der Waals surface area contributed by atoms with Gasteiger partial charge in [-0.1, -0.05) is 0 Å². The van der Waals surface area contributed by atoms with Crippen molar-refractivity contribution in [2.75, 3.05) is 33.2 Å². The van der Waals surface area contributed by atoms with Crippen molar-refractivity contribution in [1.29, 1.82) is 0 Å². The minimum absolute atomic E-state index is 0.0961. The molecule has 0 spiro atoms. The molecule has 4 heterocycles. The number of likely N-dealkylation sites (N-methyl/N-ethyl adjacent to an activating group) is 1. The number of carbonyl (C=O) groups excluding carboxylic acids is 1. The summed E-state index contributed by atoms with van der Waals surface area (Å²) in [5, 5.41) is 25.9. The number of piperazine rings is 1. The summed E-state index contributed by atoms with van der Waals surface area (Å²) in [5.41, 5.74) is 2.97. The monoisotopic (exact) mass is 701 g/mol. The average molecular weight is 702 g/mol. The molecule has 2 aromatic heterocycles. The first kappa shape index (κ1) is 40.1. The molecule has 2 aliphatic rings. The van der Waals surface area contributed by atoms with E-state index in [4.69, 9.17) is 29.7 Å².